The molecule has 37 heavy (non-hydrogen) atoms. The van der Waals surface area contributed by atoms with Crippen LogP contribution in [0, 0.1) is 18.8 Å². The minimum atomic E-state index is -4.59. The standard InChI is InChI=1S/C28H31F3N2O4/c1-18-21(24-15-20(11-12-25(24)33-18)36-16-19-7-3-2-4-8-19)13-14-32-26(34)22-9-5-6-10-23(22)27(35)37-17-28(29,30)31/h2-4,7-8,11-12,15,22-23,33H,5-6,9-10,13-14,16-17H2,1H3,(H,32,34)/t22-,23-/m0/s1. The maximum atomic E-state index is 12.9. The Balaban J connectivity index is 1.36. The number of carbonyl (C=O) groups excluding carboxylic acids is 2. The number of rotatable bonds is 9. The third-order valence-corrected chi connectivity index (χ3v) is 6.80. The monoisotopic (exact) mass is 516 g/mol. The van der Waals surface area contributed by atoms with Crippen LogP contribution >= 0.6 is 0 Å². The van der Waals surface area contributed by atoms with Crippen molar-refractivity contribution in [2.45, 2.75) is 51.8 Å². The Morgan fingerprint density at radius 1 is 1.05 bits per heavy atom. The molecule has 198 valence electrons. The molecular formula is C28H31F3N2O4. The molecule has 1 amide bonds. The molecule has 1 aromatic heterocycles. The maximum absolute atomic E-state index is 12.9. The van der Waals surface area contributed by atoms with Gasteiger partial charge in [-0.1, -0.05) is 43.2 Å². The largest absolute Gasteiger partial charge is 0.489 e. The maximum Gasteiger partial charge on any atom is 0.422 e. The first kappa shape index (κ1) is 26.6. The quantitative estimate of drug-likeness (QED) is 0.362. The molecule has 3 aromatic rings. The van der Waals surface area contributed by atoms with E-state index in [2.05, 4.69) is 15.0 Å². The number of aromatic amines is 1. The molecule has 1 fully saturated rings. The first-order valence-corrected chi connectivity index (χ1v) is 12.5. The van der Waals surface area contributed by atoms with E-state index in [0.29, 0.717) is 38.8 Å². The van der Waals surface area contributed by atoms with Gasteiger partial charge >= 0.3 is 12.1 Å². The van der Waals surface area contributed by atoms with Crippen molar-refractivity contribution < 1.29 is 32.2 Å². The highest BCUT2D eigenvalue weighted by atomic mass is 19.4. The summed E-state index contributed by atoms with van der Waals surface area (Å²) in [7, 11) is 0. The van der Waals surface area contributed by atoms with Gasteiger partial charge in [-0.2, -0.15) is 13.2 Å². The van der Waals surface area contributed by atoms with Gasteiger partial charge in [0.15, 0.2) is 6.61 Å². The van der Waals surface area contributed by atoms with Crippen LogP contribution in [0.2, 0.25) is 0 Å². The van der Waals surface area contributed by atoms with Crippen LogP contribution in [-0.4, -0.2) is 36.2 Å². The average Bonchev–Trinajstić information content (AvgIpc) is 3.20. The smallest absolute Gasteiger partial charge is 0.422 e. The number of hydrogen-bond donors (Lipinski definition) is 2. The second-order valence-corrected chi connectivity index (χ2v) is 9.47. The number of fused-ring (bicyclic) bond motifs is 1. The minimum absolute atomic E-state index is 0.321. The molecule has 2 atom stereocenters. The SMILES string of the molecule is Cc1[nH]c2ccc(OCc3ccccc3)cc2c1CCNC(=O)[C@H]1CCCC[C@@H]1C(=O)OCC(F)(F)F. The first-order valence-electron chi connectivity index (χ1n) is 12.5. The summed E-state index contributed by atoms with van der Waals surface area (Å²) >= 11 is 0. The number of H-pyrrole nitrogens is 1. The van der Waals surface area contributed by atoms with Crippen molar-refractivity contribution in [3.8, 4) is 5.75 Å². The Morgan fingerprint density at radius 2 is 1.78 bits per heavy atom. The van der Waals surface area contributed by atoms with Gasteiger partial charge in [0, 0.05) is 23.1 Å². The van der Waals surface area contributed by atoms with Crippen molar-refractivity contribution in [2.24, 2.45) is 11.8 Å². The van der Waals surface area contributed by atoms with Crippen LogP contribution in [0.1, 0.15) is 42.5 Å². The Hall–Kier alpha value is -3.49. The summed E-state index contributed by atoms with van der Waals surface area (Å²) in [5.41, 5.74) is 4.06. The van der Waals surface area contributed by atoms with E-state index in [9.17, 15) is 22.8 Å². The number of benzene rings is 2. The number of carbonyl (C=O) groups is 2. The second kappa shape index (κ2) is 11.7. The fourth-order valence-corrected chi connectivity index (χ4v) is 4.94. The topological polar surface area (TPSA) is 80.4 Å². The third-order valence-electron chi connectivity index (χ3n) is 6.80. The van der Waals surface area contributed by atoms with E-state index in [1.807, 2.05) is 55.5 Å². The molecule has 0 radical (unpaired) electrons. The molecule has 1 aliphatic rings. The fraction of sp³-hybridized carbons (Fsp3) is 0.429. The number of nitrogens with one attached hydrogen (secondary N) is 2. The summed E-state index contributed by atoms with van der Waals surface area (Å²) in [6.45, 7) is 1.13. The van der Waals surface area contributed by atoms with Crippen LogP contribution in [0.3, 0.4) is 0 Å². The lowest BCUT2D eigenvalue weighted by atomic mass is 9.78. The van der Waals surface area contributed by atoms with Crippen LogP contribution < -0.4 is 10.1 Å². The minimum Gasteiger partial charge on any atom is -0.489 e. The van der Waals surface area contributed by atoms with E-state index in [1.54, 1.807) is 0 Å². The van der Waals surface area contributed by atoms with Crippen molar-refractivity contribution in [1.29, 1.82) is 0 Å². The Bertz CT molecular complexity index is 1220. The molecule has 0 aliphatic heterocycles. The highest BCUT2D eigenvalue weighted by molar-refractivity contribution is 5.87. The normalized spacial score (nSPS) is 17.9. The number of hydrogen-bond acceptors (Lipinski definition) is 4. The first-order chi connectivity index (χ1) is 17.7. The third kappa shape index (κ3) is 7.05. The average molecular weight is 517 g/mol. The van der Waals surface area contributed by atoms with Crippen LogP contribution in [0.25, 0.3) is 10.9 Å². The molecule has 4 rings (SSSR count). The van der Waals surface area contributed by atoms with Gasteiger partial charge < -0.3 is 19.8 Å². The van der Waals surface area contributed by atoms with E-state index in [0.717, 1.165) is 39.9 Å². The predicted molar refractivity (Wildman–Crippen MR) is 133 cm³/mol. The van der Waals surface area contributed by atoms with Crippen LogP contribution in [-0.2, 0) is 27.4 Å². The molecular weight excluding hydrogens is 485 g/mol. The van der Waals surface area contributed by atoms with E-state index in [-0.39, 0.29) is 5.91 Å². The summed E-state index contributed by atoms with van der Waals surface area (Å²) in [4.78, 5) is 28.5. The van der Waals surface area contributed by atoms with Gasteiger partial charge in [0.25, 0.3) is 0 Å². The second-order valence-electron chi connectivity index (χ2n) is 9.47. The summed E-state index contributed by atoms with van der Waals surface area (Å²) in [5, 5.41) is 3.89. The summed E-state index contributed by atoms with van der Waals surface area (Å²) < 4.78 is 47.8. The number of aromatic nitrogens is 1. The lowest BCUT2D eigenvalue weighted by molar-refractivity contribution is -0.191. The molecule has 1 saturated carbocycles. The van der Waals surface area contributed by atoms with E-state index < -0.39 is 30.6 Å². The van der Waals surface area contributed by atoms with Crippen molar-refractivity contribution in [2.75, 3.05) is 13.2 Å². The molecule has 1 aliphatic carbocycles. The van der Waals surface area contributed by atoms with Crippen molar-refractivity contribution in [3.05, 3.63) is 65.4 Å². The molecule has 1 heterocycles. The van der Waals surface area contributed by atoms with Crippen LogP contribution in [0.15, 0.2) is 48.5 Å². The highest BCUT2D eigenvalue weighted by Gasteiger charge is 2.38. The predicted octanol–water partition coefficient (Wildman–Crippen LogP) is 5.63. The lowest BCUT2D eigenvalue weighted by Crippen LogP contribution is -2.41. The van der Waals surface area contributed by atoms with E-state index in [4.69, 9.17) is 4.74 Å². The molecule has 6 nitrogen and oxygen atoms in total. The lowest BCUT2D eigenvalue weighted by Gasteiger charge is -2.29. The molecule has 2 aromatic carbocycles. The zero-order chi connectivity index (χ0) is 26.4. The Labute approximate surface area is 213 Å². The van der Waals surface area contributed by atoms with E-state index >= 15 is 0 Å². The van der Waals surface area contributed by atoms with E-state index in [1.165, 1.54) is 0 Å². The van der Waals surface area contributed by atoms with Gasteiger partial charge in [-0.15, -0.1) is 0 Å². The number of alkyl halides is 3. The van der Waals surface area contributed by atoms with Gasteiger partial charge in [-0.25, -0.2) is 0 Å². The van der Waals surface area contributed by atoms with Crippen LogP contribution in [0.5, 0.6) is 5.75 Å². The fourth-order valence-electron chi connectivity index (χ4n) is 4.94. The number of ether oxygens (including phenoxy) is 2. The Kier molecular flexibility index (Phi) is 8.41. The van der Waals surface area contributed by atoms with Crippen LogP contribution in [0.4, 0.5) is 13.2 Å². The Morgan fingerprint density at radius 3 is 2.51 bits per heavy atom. The molecule has 9 heteroatoms. The van der Waals surface area contributed by atoms with Gasteiger partial charge in [-0.05, 0) is 55.5 Å². The van der Waals surface area contributed by atoms with Gasteiger partial charge in [0.2, 0.25) is 5.91 Å². The molecule has 2 N–H and O–H groups in total. The molecule has 0 unspecified atom stereocenters. The van der Waals surface area contributed by atoms with Crippen molar-refractivity contribution in [1.82, 2.24) is 10.3 Å². The number of halogens is 3. The molecule has 0 saturated heterocycles. The molecule has 0 spiro atoms. The summed E-state index contributed by atoms with van der Waals surface area (Å²) in [5.74, 6) is -2.07. The summed E-state index contributed by atoms with van der Waals surface area (Å²) in [6.07, 6.45) is -1.82. The van der Waals surface area contributed by atoms with Crippen molar-refractivity contribution >= 4 is 22.8 Å². The highest BCUT2D eigenvalue weighted by Crippen LogP contribution is 2.32. The van der Waals surface area contributed by atoms with Crippen molar-refractivity contribution in [3.63, 3.8) is 0 Å². The number of amides is 1. The zero-order valence-corrected chi connectivity index (χ0v) is 20.7. The summed E-state index contributed by atoms with van der Waals surface area (Å²) in [6, 6.07) is 15.7. The molecule has 0 bridgehead atoms. The number of esters is 1. The van der Waals surface area contributed by atoms with Gasteiger partial charge in [0.1, 0.15) is 12.4 Å². The van der Waals surface area contributed by atoms with Gasteiger partial charge in [0.05, 0.1) is 11.8 Å². The van der Waals surface area contributed by atoms with Gasteiger partial charge in [-0.3, -0.25) is 9.59 Å². The number of aryl methyl sites for hydroxylation is 1. The zero-order valence-electron chi connectivity index (χ0n) is 20.7.